The lowest BCUT2D eigenvalue weighted by atomic mass is 9.98. The van der Waals surface area contributed by atoms with Crippen LogP contribution in [0.5, 0.6) is 5.75 Å². The third kappa shape index (κ3) is 5.53. The molecule has 1 aromatic carbocycles. The highest BCUT2D eigenvalue weighted by atomic mass is 79.9. The van der Waals surface area contributed by atoms with E-state index >= 15 is 0 Å². The molecule has 1 unspecified atom stereocenters. The molecule has 0 radical (unpaired) electrons. The molecular weight excluding hydrogens is 302 g/mol. The summed E-state index contributed by atoms with van der Waals surface area (Å²) >= 11 is 3.60. The summed E-state index contributed by atoms with van der Waals surface area (Å²) in [5, 5.41) is 3.40. The summed E-state index contributed by atoms with van der Waals surface area (Å²) in [6.07, 6.45) is 3.43. The Balaban J connectivity index is 2.73. The zero-order chi connectivity index (χ0) is 14.3. The molecule has 0 fully saturated rings. The maximum Gasteiger partial charge on any atom is 0.133 e. The summed E-state index contributed by atoms with van der Waals surface area (Å²) in [7, 11) is 2.03. The second-order valence-corrected chi connectivity index (χ2v) is 6.21. The van der Waals surface area contributed by atoms with Crippen molar-refractivity contribution in [1.82, 2.24) is 5.32 Å². The van der Waals surface area contributed by atoms with Gasteiger partial charge in [0.25, 0.3) is 0 Å². The van der Waals surface area contributed by atoms with Gasteiger partial charge in [-0.3, -0.25) is 0 Å². The van der Waals surface area contributed by atoms with E-state index in [0.717, 1.165) is 35.6 Å². The maximum atomic E-state index is 5.69. The van der Waals surface area contributed by atoms with Crippen LogP contribution < -0.4 is 10.1 Å². The second-order valence-electron chi connectivity index (χ2n) is 5.35. The third-order valence-corrected chi connectivity index (χ3v) is 3.82. The Morgan fingerprint density at radius 3 is 2.53 bits per heavy atom. The maximum absolute atomic E-state index is 5.69. The van der Waals surface area contributed by atoms with E-state index in [4.69, 9.17) is 4.74 Å². The van der Waals surface area contributed by atoms with Crippen molar-refractivity contribution < 1.29 is 4.74 Å². The molecule has 0 heterocycles. The first-order valence-electron chi connectivity index (χ1n) is 7.18. The summed E-state index contributed by atoms with van der Waals surface area (Å²) in [5.41, 5.74) is 1.32. The summed E-state index contributed by atoms with van der Waals surface area (Å²) in [6.45, 7) is 7.42. The monoisotopic (exact) mass is 327 g/mol. The molecule has 0 bridgehead atoms. The van der Waals surface area contributed by atoms with Crippen LogP contribution >= 0.6 is 15.9 Å². The molecule has 0 saturated carbocycles. The standard InChI is InChI=1S/C16H26BrNO/c1-5-10-19-16-9-7-13(11-14(16)17)15(18-4)8-6-12(2)3/h7,9,11-12,15,18H,5-6,8,10H2,1-4H3. The lowest BCUT2D eigenvalue weighted by molar-refractivity contribution is 0.315. The molecule has 0 amide bonds. The van der Waals surface area contributed by atoms with Crippen LogP contribution in [-0.2, 0) is 0 Å². The zero-order valence-corrected chi connectivity index (χ0v) is 14.1. The summed E-state index contributed by atoms with van der Waals surface area (Å²) in [4.78, 5) is 0. The van der Waals surface area contributed by atoms with Crippen LogP contribution in [0, 0.1) is 5.92 Å². The molecule has 0 aliphatic heterocycles. The van der Waals surface area contributed by atoms with Crippen LogP contribution in [0.15, 0.2) is 22.7 Å². The number of nitrogens with one attached hydrogen (secondary N) is 1. The number of hydrogen-bond donors (Lipinski definition) is 1. The van der Waals surface area contributed by atoms with Crippen LogP contribution in [0.4, 0.5) is 0 Å². The molecule has 0 saturated heterocycles. The third-order valence-electron chi connectivity index (χ3n) is 3.20. The Labute approximate surface area is 126 Å². The van der Waals surface area contributed by atoms with Gasteiger partial charge in [-0.15, -0.1) is 0 Å². The van der Waals surface area contributed by atoms with Crippen molar-refractivity contribution in [3.63, 3.8) is 0 Å². The number of halogens is 1. The van der Waals surface area contributed by atoms with E-state index in [-0.39, 0.29) is 0 Å². The summed E-state index contributed by atoms with van der Waals surface area (Å²) in [6, 6.07) is 6.82. The van der Waals surface area contributed by atoms with E-state index in [9.17, 15) is 0 Å². The largest absolute Gasteiger partial charge is 0.492 e. The van der Waals surface area contributed by atoms with Gasteiger partial charge in [0.2, 0.25) is 0 Å². The van der Waals surface area contributed by atoms with Crippen molar-refractivity contribution in [3.05, 3.63) is 28.2 Å². The van der Waals surface area contributed by atoms with Crippen molar-refractivity contribution in [3.8, 4) is 5.75 Å². The molecule has 0 spiro atoms. The predicted molar refractivity (Wildman–Crippen MR) is 85.8 cm³/mol. The first-order chi connectivity index (χ1) is 9.08. The average Bonchev–Trinajstić information content (AvgIpc) is 2.38. The molecule has 2 nitrogen and oxygen atoms in total. The Morgan fingerprint density at radius 1 is 1.26 bits per heavy atom. The molecule has 1 atom stereocenters. The van der Waals surface area contributed by atoms with Crippen molar-refractivity contribution in [2.24, 2.45) is 5.92 Å². The van der Waals surface area contributed by atoms with Gasteiger partial charge >= 0.3 is 0 Å². The predicted octanol–water partition coefficient (Wildman–Crippen LogP) is 4.93. The van der Waals surface area contributed by atoms with E-state index in [1.54, 1.807) is 0 Å². The summed E-state index contributed by atoms with van der Waals surface area (Å²) in [5.74, 6) is 1.68. The van der Waals surface area contributed by atoms with Crippen LogP contribution in [-0.4, -0.2) is 13.7 Å². The highest BCUT2D eigenvalue weighted by Gasteiger charge is 2.12. The van der Waals surface area contributed by atoms with Gasteiger partial charge in [-0.25, -0.2) is 0 Å². The van der Waals surface area contributed by atoms with Crippen LogP contribution in [0.25, 0.3) is 0 Å². The topological polar surface area (TPSA) is 21.3 Å². The SMILES string of the molecule is CCCOc1ccc(C(CCC(C)C)NC)cc1Br. The minimum Gasteiger partial charge on any atom is -0.492 e. The minimum atomic E-state index is 0.416. The number of rotatable bonds is 8. The van der Waals surface area contributed by atoms with E-state index < -0.39 is 0 Å². The smallest absolute Gasteiger partial charge is 0.133 e. The van der Waals surface area contributed by atoms with E-state index in [1.807, 2.05) is 7.05 Å². The lowest BCUT2D eigenvalue weighted by Crippen LogP contribution is -2.17. The number of benzene rings is 1. The molecule has 0 aromatic heterocycles. The molecule has 1 aromatic rings. The first-order valence-corrected chi connectivity index (χ1v) is 7.97. The minimum absolute atomic E-state index is 0.416. The Kier molecular flexibility index (Phi) is 7.47. The lowest BCUT2D eigenvalue weighted by Gasteiger charge is -2.19. The van der Waals surface area contributed by atoms with Gasteiger partial charge in [-0.1, -0.05) is 26.8 Å². The van der Waals surface area contributed by atoms with E-state index in [2.05, 4.69) is 60.2 Å². The molecule has 1 rings (SSSR count). The van der Waals surface area contributed by atoms with Gasteiger partial charge in [0.05, 0.1) is 11.1 Å². The molecule has 0 aliphatic rings. The van der Waals surface area contributed by atoms with Gasteiger partial charge in [-0.05, 0) is 65.9 Å². The highest BCUT2D eigenvalue weighted by Crippen LogP contribution is 2.30. The number of ether oxygens (including phenoxy) is 1. The quantitative estimate of drug-likeness (QED) is 0.730. The Morgan fingerprint density at radius 2 is 2.00 bits per heavy atom. The molecule has 108 valence electrons. The van der Waals surface area contributed by atoms with Gasteiger partial charge in [0.1, 0.15) is 5.75 Å². The summed E-state index contributed by atoms with van der Waals surface area (Å²) < 4.78 is 6.73. The first kappa shape index (κ1) is 16.5. The molecule has 3 heteroatoms. The Hall–Kier alpha value is -0.540. The van der Waals surface area contributed by atoms with Crippen molar-refractivity contribution in [1.29, 1.82) is 0 Å². The van der Waals surface area contributed by atoms with Crippen LogP contribution in [0.3, 0.4) is 0 Å². The van der Waals surface area contributed by atoms with Gasteiger partial charge < -0.3 is 10.1 Å². The Bertz CT molecular complexity index is 379. The molecule has 19 heavy (non-hydrogen) atoms. The normalized spacial score (nSPS) is 12.7. The van der Waals surface area contributed by atoms with Crippen molar-refractivity contribution in [2.75, 3.05) is 13.7 Å². The van der Waals surface area contributed by atoms with E-state index in [0.29, 0.717) is 6.04 Å². The van der Waals surface area contributed by atoms with Gasteiger partial charge in [0, 0.05) is 6.04 Å². The molecule has 0 aliphatic carbocycles. The fraction of sp³-hybridized carbons (Fsp3) is 0.625. The van der Waals surface area contributed by atoms with Crippen molar-refractivity contribution >= 4 is 15.9 Å². The fourth-order valence-corrected chi connectivity index (χ4v) is 2.55. The molecular formula is C16H26BrNO. The van der Waals surface area contributed by atoms with E-state index in [1.165, 1.54) is 12.0 Å². The van der Waals surface area contributed by atoms with Crippen LogP contribution in [0.1, 0.15) is 51.6 Å². The molecule has 1 N–H and O–H groups in total. The average molecular weight is 328 g/mol. The van der Waals surface area contributed by atoms with Gasteiger partial charge in [-0.2, -0.15) is 0 Å². The van der Waals surface area contributed by atoms with Crippen molar-refractivity contribution in [2.45, 2.75) is 46.1 Å². The fourth-order valence-electron chi connectivity index (χ4n) is 2.04. The highest BCUT2D eigenvalue weighted by molar-refractivity contribution is 9.10. The number of hydrogen-bond acceptors (Lipinski definition) is 2. The van der Waals surface area contributed by atoms with Gasteiger partial charge in [0.15, 0.2) is 0 Å². The second kappa shape index (κ2) is 8.60. The zero-order valence-electron chi connectivity index (χ0n) is 12.5. The van der Waals surface area contributed by atoms with Crippen LogP contribution in [0.2, 0.25) is 0 Å².